The van der Waals surface area contributed by atoms with Gasteiger partial charge < -0.3 is 10.2 Å². The SMILES string of the molecule is O=C(NCc1ccc(Br)cc1)[C@H]1CCCN(c2cnc3nccnc3c2)C1. The number of carbonyl (C=O) groups excluding carboxylic acids is 1. The number of hydrogen-bond acceptors (Lipinski definition) is 5. The van der Waals surface area contributed by atoms with Gasteiger partial charge in [0.1, 0.15) is 5.52 Å². The van der Waals surface area contributed by atoms with Crippen LogP contribution in [0.4, 0.5) is 5.69 Å². The Hall–Kier alpha value is -2.54. The normalized spacial score (nSPS) is 17.1. The van der Waals surface area contributed by atoms with Gasteiger partial charge in [-0.25, -0.2) is 9.97 Å². The van der Waals surface area contributed by atoms with Crippen molar-refractivity contribution in [2.24, 2.45) is 5.92 Å². The zero-order valence-corrected chi connectivity index (χ0v) is 16.4. The molecular formula is C20H20BrN5O. The number of nitrogens with one attached hydrogen (secondary N) is 1. The molecule has 1 atom stereocenters. The fourth-order valence-corrected chi connectivity index (χ4v) is 3.65. The monoisotopic (exact) mass is 425 g/mol. The Bertz CT molecular complexity index is 947. The number of piperidine rings is 1. The van der Waals surface area contributed by atoms with Crippen LogP contribution in [0.25, 0.3) is 11.2 Å². The lowest BCUT2D eigenvalue weighted by molar-refractivity contribution is -0.125. The predicted molar refractivity (Wildman–Crippen MR) is 108 cm³/mol. The molecule has 0 radical (unpaired) electrons. The van der Waals surface area contributed by atoms with Gasteiger partial charge in [-0.2, -0.15) is 0 Å². The molecule has 3 heterocycles. The highest BCUT2D eigenvalue weighted by Gasteiger charge is 2.26. The smallest absolute Gasteiger partial charge is 0.225 e. The average Bonchev–Trinajstić information content (AvgIpc) is 2.73. The summed E-state index contributed by atoms with van der Waals surface area (Å²) < 4.78 is 1.04. The second kappa shape index (κ2) is 8.00. The van der Waals surface area contributed by atoms with E-state index in [1.807, 2.05) is 36.5 Å². The number of fused-ring (bicyclic) bond motifs is 1. The van der Waals surface area contributed by atoms with E-state index >= 15 is 0 Å². The second-order valence-corrected chi connectivity index (χ2v) is 7.64. The van der Waals surface area contributed by atoms with Gasteiger partial charge >= 0.3 is 0 Å². The molecule has 1 aliphatic heterocycles. The first-order valence-corrected chi connectivity index (χ1v) is 9.82. The van der Waals surface area contributed by atoms with Gasteiger partial charge in [-0.1, -0.05) is 28.1 Å². The number of hydrogen-bond donors (Lipinski definition) is 1. The summed E-state index contributed by atoms with van der Waals surface area (Å²) in [6.07, 6.45) is 7.02. The van der Waals surface area contributed by atoms with Crippen molar-refractivity contribution >= 4 is 38.7 Å². The fourth-order valence-electron chi connectivity index (χ4n) is 3.38. The third-order valence-corrected chi connectivity index (χ3v) is 5.38. The molecule has 138 valence electrons. The number of amides is 1. The molecule has 3 aromatic rings. The Morgan fingerprint density at radius 1 is 1.19 bits per heavy atom. The van der Waals surface area contributed by atoms with Crippen LogP contribution in [0, 0.1) is 5.92 Å². The molecule has 4 rings (SSSR count). The maximum atomic E-state index is 12.6. The first-order chi connectivity index (χ1) is 13.2. The first-order valence-electron chi connectivity index (χ1n) is 9.03. The Morgan fingerprint density at radius 3 is 2.85 bits per heavy atom. The lowest BCUT2D eigenvalue weighted by Gasteiger charge is -2.33. The summed E-state index contributed by atoms with van der Waals surface area (Å²) in [5.74, 6) is 0.0860. The molecule has 27 heavy (non-hydrogen) atoms. The molecule has 0 aliphatic carbocycles. The lowest BCUT2D eigenvalue weighted by atomic mass is 9.96. The number of aromatic nitrogens is 3. The van der Waals surface area contributed by atoms with E-state index in [0.29, 0.717) is 18.7 Å². The number of benzene rings is 1. The number of nitrogens with zero attached hydrogens (tertiary/aromatic N) is 4. The fraction of sp³-hybridized carbons (Fsp3) is 0.300. The summed E-state index contributed by atoms with van der Waals surface area (Å²) in [7, 11) is 0. The molecule has 2 aromatic heterocycles. The molecule has 1 N–H and O–H groups in total. The standard InChI is InChI=1S/C20H20BrN5O/c21-16-5-3-14(4-6-16)11-25-20(27)15-2-1-9-26(13-15)17-10-18-19(24-12-17)23-8-7-22-18/h3-8,10,12,15H,1-2,9,11,13H2,(H,25,27)/t15-/m0/s1. The summed E-state index contributed by atoms with van der Waals surface area (Å²) in [6, 6.07) is 10.00. The predicted octanol–water partition coefficient (Wildman–Crippen LogP) is 3.32. The molecule has 1 fully saturated rings. The minimum Gasteiger partial charge on any atom is -0.369 e. The molecule has 6 nitrogen and oxygen atoms in total. The van der Waals surface area contributed by atoms with Crippen LogP contribution in [0.3, 0.4) is 0 Å². The number of halogens is 1. The van der Waals surface area contributed by atoms with Crippen LogP contribution in [0.2, 0.25) is 0 Å². The van der Waals surface area contributed by atoms with Gasteiger partial charge in [-0.3, -0.25) is 9.78 Å². The average molecular weight is 426 g/mol. The van der Waals surface area contributed by atoms with Crippen molar-refractivity contribution in [1.29, 1.82) is 0 Å². The van der Waals surface area contributed by atoms with Crippen molar-refractivity contribution in [2.75, 3.05) is 18.0 Å². The Morgan fingerprint density at radius 2 is 2.00 bits per heavy atom. The van der Waals surface area contributed by atoms with E-state index in [0.717, 1.165) is 40.6 Å². The van der Waals surface area contributed by atoms with E-state index in [1.54, 1.807) is 12.4 Å². The van der Waals surface area contributed by atoms with Gasteiger partial charge in [0.05, 0.1) is 17.8 Å². The molecule has 1 aromatic carbocycles. The first kappa shape index (κ1) is 17.9. The zero-order valence-electron chi connectivity index (χ0n) is 14.8. The molecule has 7 heteroatoms. The van der Waals surface area contributed by atoms with Crippen molar-refractivity contribution in [3.63, 3.8) is 0 Å². The Labute approximate surface area is 166 Å². The van der Waals surface area contributed by atoms with E-state index in [9.17, 15) is 4.79 Å². The van der Waals surface area contributed by atoms with Crippen LogP contribution in [0.1, 0.15) is 18.4 Å². The number of anilines is 1. The third kappa shape index (κ3) is 4.24. The zero-order chi connectivity index (χ0) is 18.6. The maximum absolute atomic E-state index is 12.6. The Balaban J connectivity index is 1.40. The van der Waals surface area contributed by atoms with Crippen LogP contribution >= 0.6 is 15.9 Å². The maximum Gasteiger partial charge on any atom is 0.225 e. The van der Waals surface area contributed by atoms with Crippen molar-refractivity contribution < 1.29 is 4.79 Å². The minimum absolute atomic E-state index is 0.0215. The molecule has 0 saturated carbocycles. The summed E-state index contributed by atoms with van der Waals surface area (Å²) in [4.78, 5) is 27.8. The topological polar surface area (TPSA) is 71.0 Å². The quantitative estimate of drug-likeness (QED) is 0.693. The number of rotatable bonds is 4. The van der Waals surface area contributed by atoms with Crippen molar-refractivity contribution in [1.82, 2.24) is 20.3 Å². The van der Waals surface area contributed by atoms with Crippen molar-refractivity contribution in [3.8, 4) is 0 Å². The van der Waals surface area contributed by atoms with Gasteiger partial charge in [0.2, 0.25) is 5.91 Å². The molecule has 0 unspecified atom stereocenters. The largest absolute Gasteiger partial charge is 0.369 e. The van der Waals surface area contributed by atoms with Crippen LogP contribution in [-0.2, 0) is 11.3 Å². The minimum atomic E-state index is -0.0215. The highest BCUT2D eigenvalue weighted by Crippen LogP contribution is 2.24. The molecule has 0 bridgehead atoms. The molecule has 1 saturated heterocycles. The van der Waals surface area contributed by atoms with Crippen LogP contribution < -0.4 is 10.2 Å². The third-order valence-electron chi connectivity index (χ3n) is 4.85. The highest BCUT2D eigenvalue weighted by atomic mass is 79.9. The Kier molecular flexibility index (Phi) is 5.29. The van der Waals surface area contributed by atoms with E-state index < -0.39 is 0 Å². The van der Waals surface area contributed by atoms with Gasteiger partial charge in [0.25, 0.3) is 0 Å². The van der Waals surface area contributed by atoms with Crippen LogP contribution in [0.5, 0.6) is 0 Å². The molecular weight excluding hydrogens is 406 g/mol. The lowest BCUT2D eigenvalue weighted by Crippen LogP contribution is -2.43. The van der Waals surface area contributed by atoms with Crippen molar-refractivity contribution in [3.05, 3.63) is 59.0 Å². The van der Waals surface area contributed by atoms with Gasteiger partial charge in [0, 0.05) is 36.5 Å². The van der Waals surface area contributed by atoms with Gasteiger partial charge in [-0.05, 0) is 36.6 Å². The molecule has 0 spiro atoms. The highest BCUT2D eigenvalue weighted by molar-refractivity contribution is 9.10. The second-order valence-electron chi connectivity index (χ2n) is 6.72. The van der Waals surface area contributed by atoms with E-state index in [-0.39, 0.29) is 11.8 Å². The number of pyridine rings is 1. The molecule has 1 amide bonds. The summed E-state index contributed by atoms with van der Waals surface area (Å²) >= 11 is 3.43. The summed E-state index contributed by atoms with van der Waals surface area (Å²) in [5, 5.41) is 3.07. The number of carbonyl (C=O) groups is 1. The van der Waals surface area contributed by atoms with E-state index in [4.69, 9.17) is 0 Å². The van der Waals surface area contributed by atoms with Crippen LogP contribution in [0.15, 0.2) is 53.4 Å². The van der Waals surface area contributed by atoms with Crippen LogP contribution in [-0.4, -0.2) is 33.9 Å². The summed E-state index contributed by atoms with van der Waals surface area (Å²) in [6.45, 7) is 2.17. The van der Waals surface area contributed by atoms with E-state index in [1.165, 1.54) is 0 Å². The molecule has 1 aliphatic rings. The van der Waals surface area contributed by atoms with Gasteiger partial charge in [-0.15, -0.1) is 0 Å². The van der Waals surface area contributed by atoms with Crippen molar-refractivity contribution in [2.45, 2.75) is 19.4 Å². The van der Waals surface area contributed by atoms with E-state index in [2.05, 4.69) is 41.1 Å². The summed E-state index contributed by atoms with van der Waals surface area (Å²) in [5.41, 5.74) is 3.50. The van der Waals surface area contributed by atoms with Gasteiger partial charge in [0.15, 0.2) is 5.65 Å².